The van der Waals surface area contributed by atoms with Crippen LogP contribution in [-0.4, -0.2) is 32.0 Å². The second-order valence-corrected chi connectivity index (χ2v) is 6.26. The number of hydrogen-bond acceptors (Lipinski definition) is 4. The number of rotatable bonds is 5. The van der Waals surface area contributed by atoms with E-state index < -0.39 is 0 Å². The van der Waals surface area contributed by atoms with Crippen LogP contribution in [0.25, 0.3) is 0 Å². The fraction of sp³-hybridized carbons (Fsp3) is 0.786. The highest BCUT2D eigenvalue weighted by molar-refractivity contribution is 5.75. The zero-order chi connectivity index (χ0) is 14.1. The van der Waals surface area contributed by atoms with Crippen LogP contribution in [-0.2, 0) is 17.9 Å². The van der Waals surface area contributed by atoms with Gasteiger partial charge in [0.2, 0.25) is 5.91 Å². The Bertz CT molecular complexity index is 487. The van der Waals surface area contributed by atoms with Crippen molar-refractivity contribution in [1.82, 2.24) is 20.3 Å². The summed E-state index contributed by atoms with van der Waals surface area (Å²) in [4.78, 5) is 12.0. The summed E-state index contributed by atoms with van der Waals surface area (Å²) >= 11 is 0. The number of carbonyl (C=O) groups excluding carboxylic acids is 1. The molecule has 3 rings (SSSR count). The molecular formula is C14H22N4O2. The molecule has 4 atom stereocenters. The van der Waals surface area contributed by atoms with Crippen LogP contribution in [0.3, 0.4) is 0 Å². The van der Waals surface area contributed by atoms with Crippen molar-refractivity contribution >= 4 is 5.91 Å². The fourth-order valence-corrected chi connectivity index (χ4v) is 3.95. The highest BCUT2D eigenvalue weighted by Crippen LogP contribution is 2.49. The van der Waals surface area contributed by atoms with E-state index in [1.165, 1.54) is 30.4 Å². The summed E-state index contributed by atoms with van der Waals surface area (Å²) in [7, 11) is 0. The molecule has 0 saturated heterocycles. The van der Waals surface area contributed by atoms with E-state index in [4.69, 9.17) is 5.11 Å². The highest BCUT2D eigenvalue weighted by Gasteiger charge is 2.42. The minimum absolute atomic E-state index is 0.0327. The predicted octanol–water partition coefficient (Wildman–Crippen LogP) is 0.711. The first kappa shape index (κ1) is 13.5. The van der Waals surface area contributed by atoms with Crippen molar-refractivity contribution in [3.8, 4) is 0 Å². The van der Waals surface area contributed by atoms with E-state index in [0.717, 1.165) is 11.8 Å². The summed E-state index contributed by atoms with van der Waals surface area (Å²) in [5, 5.41) is 19.6. The summed E-state index contributed by atoms with van der Waals surface area (Å²) in [5.41, 5.74) is 0.485. The maximum atomic E-state index is 12.0. The lowest BCUT2D eigenvalue weighted by atomic mass is 9.84. The summed E-state index contributed by atoms with van der Waals surface area (Å²) in [6.07, 6.45) is 6.93. The molecule has 2 saturated carbocycles. The molecule has 0 aliphatic heterocycles. The second-order valence-electron chi connectivity index (χ2n) is 6.26. The Hall–Kier alpha value is -1.43. The molecule has 1 aromatic heterocycles. The molecule has 1 aromatic rings. The highest BCUT2D eigenvalue weighted by atomic mass is 16.3. The number of hydrogen-bond donors (Lipinski definition) is 2. The number of fused-ring (bicyclic) bond motifs is 2. The quantitative estimate of drug-likeness (QED) is 0.831. The van der Waals surface area contributed by atoms with Gasteiger partial charge in [0.15, 0.2) is 0 Å². The Morgan fingerprint density at radius 3 is 3.00 bits per heavy atom. The Balaban J connectivity index is 1.51. The molecule has 0 radical (unpaired) electrons. The number of nitrogens with zero attached hydrogens (tertiary/aromatic N) is 3. The first-order valence-electron chi connectivity index (χ1n) is 7.45. The Labute approximate surface area is 118 Å². The van der Waals surface area contributed by atoms with Gasteiger partial charge in [-0.25, -0.2) is 4.68 Å². The number of nitrogens with one attached hydrogen (secondary N) is 1. The monoisotopic (exact) mass is 278 g/mol. The van der Waals surface area contributed by atoms with Crippen LogP contribution >= 0.6 is 0 Å². The van der Waals surface area contributed by atoms with Crippen LogP contribution in [0.4, 0.5) is 0 Å². The van der Waals surface area contributed by atoms with E-state index in [1.807, 2.05) is 0 Å². The molecule has 110 valence electrons. The largest absolute Gasteiger partial charge is 0.390 e. The lowest BCUT2D eigenvalue weighted by Gasteiger charge is -2.28. The molecule has 0 aromatic carbocycles. The van der Waals surface area contributed by atoms with Crippen molar-refractivity contribution < 1.29 is 9.90 Å². The summed E-state index contributed by atoms with van der Waals surface area (Å²) < 4.78 is 1.47. The normalized spacial score (nSPS) is 29.6. The zero-order valence-corrected chi connectivity index (χ0v) is 11.8. The minimum atomic E-state index is -0.150. The van der Waals surface area contributed by atoms with Crippen molar-refractivity contribution in [3.63, 3.8) is 0 Å². The van der Waals surface area contributed by atoms with Crippen LogP contribution in [0.1, 0.15) is 38.3 Å². The Kier molecular flexibility index (Phi) is 3.74. The van der Waals surface area contributed by atoms with Gasteiger partial charge in [0.05, 0.1) is 12.8 Å². The molecule has 20 heavy (non-hydrogen) atoms. The number of amides is 1. The van der Waals surface area contributed by atoms with Gasteiger partial charge >= 0.3 is 0 Å². The minimum Gasteiger partial charge on any atom is -0.390 e. The van der Waals surface area contributed by atoms with Crippen molar-refractivity contribution in [2.75, 3.05) is 0 Å². The average Bonchev–Trinajstić information content (AvgIpc) is 3.13. The molecule has 2 fully saturated rings. The van der Waals surface area contributed by atoms with E-state index in [9.17, 15) is 4.79 Å². The maximum Gasteiger partial charge on any atom is 0.242 e. The van der Waals surface area contributed by atoms with E-state index in [2.05, 4.69) is 22.6 Å². The molecule has 2 bridgehead atoms. The van der Waals surface area contributed by atoms with Crippen LogP contribution < -0.4 is 5.32 Å². The first-order valence-corrected chi connectivity index (χ1v) is 7.45. The molecule has 0 spiro atoms. The molecule has 2 aliphatic rings. The molecule has 2 aliphatic carbocycles. The average molecular weight is 278 g/mol. The van der Waals surface area contributed by atoms with Gasteiger partial charge in [0.25, 0.3) is 0 Å². The third-order valence-corrected chi connectivity index (χ3v) is 4.88. The first-order chi connectivity index (χ1) is 9.65. The van der Waals surface area contributed by atoms with Crippen molar-refractivity contribution in [2.45, 2.75) is 51.8 Å². The molecule has 6 heteroatoms. The van der Waals surface area contributed by atoms with Gasteiger partial charge in [-0.3, -0.25) is 4.79 Å². The van der Waals surface area contributed by atoms with E-state index in [1.54, 1.807) is 6.20 Å². The van der Waals surface area contributed by atoms with Crippen LogP contribution in [0.15, 0.2) is 6.20 Å². The van der Waals surface area contributed by atoms with Gasteiger partial charge in [-0.05, 0) is 43.9 Å². The maximum absolute atomic E-state index is 12.0. The standard InChI is InChI=1S/C14H22N4O2/c1-9(13-5-10-2-3-11(13)4-10)15-14(20)7-18-6-12(8-19)16-17-18/h6,9-11,13,19H,2-5,7-8H2,1H3,(H,15,20). The molecule has 4 unspecified atom stereocenters. The van der Waals surface area contributed by atoms with Crippen molar-refractivity contribution in [2.24, 2.45) is 17.8 Å². The van der Waals surface area contributed by atoms with Gasteiger partial charge in [0, 0.05) is 6.04 Å². The molecule has 6 nitrogen and oxygen atoms in total. The van der Waals surface area contributed by atoms with Gasteiger partial charge < -0.3 is 10.4 Å². The van der Waals surface area contributed by atoms with Gasteiger partial charge in [-0.15, -0.1) is 5.10 Å². The Morgan fingerprint density at radius 2 is 2.40 bits per heavy atom. The smallest absolute Gasteiger partial charge is 0.242 e. The van der Waals surface area contributed by atoms with Crippen LogP contribution in [0.5, 0.6) is 0 Å². The van der Waals surface area contributed by atoms with Crippen LogP contribution in [0.2, 0.25) is 0 Å². The van der Waals surface area contributed by atoms with E-state index >= 15 is 0 Å². The SMILES string of the molecule is CC(NC(=O)Cn1cc(CO)nn1)C1CC2CCC1C2. The molecule has 1 amide bonds. The molecular weight excluding hydrogens is 256 g/mol. The third-order valence-electron chi connectivity index (χ3n) is 4.88. The van der Waals surface area contributed by atoms with Crippen molar-refractivity contribution in [1.29, 1.82) is 0 Å². The summed E-state index contributed by atoms with van der Waals surface area (Å²) in [6.45, 7) is 2.13. The number of carbonyl (C=O) groups is 1. The molecule has 1 heterocycles. The number of aliphatic hydroxyl groups is 1. The zero-order valence-electron chi connectivity index (χ0n) is 11.8. The lowest BCUT2D eigenvalue weighted by Crippen LogP contribution is -2.41. The van der Waals surface area contributed by atoms with Crippen molar-refractivity contribution in [3.05, 3.63) is 11.9 Å². The van der Waals surface area contributed by atoms with Gasteiger partial charge in [-0.1, -0.05) is 11.6 Å². The fourth-order valence-electron chi connectivity index (χ4n) is 3.95. The summed E-state index contributed by atoms with van der Waals surface area (Å²) in [6, 6.07) is 0.235. The van der Waals surface area contributed by atoms with Gasteiger partial charge in [-0.2, -0.15) is 0 Å². The second kappa shape index (κ2) is 5.52. The van der Waals surface area contributed by atoms with E-state index in [0.29, 0.717) is 11.6 Å². The van der Waals surface area contributed by atoms with E-state index in [-0.39, 0.29) is 25.1 Å². The number of aromatic nitrogens is 3. The Morgan fingerprint density at radius 1 is 1.55 bits per heavy atom. The topological polar surface area (TPSA) is 80.0 Å². The third kappa shape index (κ3) is 2.70. The van der Waals surface area contributed by atoms with Gasteiger partial charge in [0.1, 0.15) is 12.2 Å². The predicted molar refractivity (Wildman–Crippen MR) is 72.5 cm³/mol. The molecule has 2 N–H and O–H groups in total. The lowest BCUT2D eigenvalue weighted by molar-refractivity contribution is -0.123. The summed E-state index contributed by atoms with van der Waals surface area (Å²) in [5.74, 6) is 2.31. The van der Waals surface area contributed by atoms with Crippen LogP contribution in [0, 0.1) is 17.8 Å². The number of aliphatic hydroxyl groups excluding tert-OH is 1.